The number of carbonyl (C=O) groups is 2. The van der Waals surface area contributed by atoms with Gasteiger partial charge in [0, 0.05) is 41.8 Å². The maximum Gasteiger partial charge on any atom is 0.411 e. The molecule has 8 nitrogen and oxygen atoms in total. The van der Waals surface area contributed by atoms with Gasteiger partial charge in [-0.15, -0.1) is 0 Å². The number of ether oxygens (including phenoxy) is 2. The molecule has 5 rings (SSSR count). The fourth-order valence-corrected chi connectivity index (χ4v) is 7.02. The molecule has 1 saturated carbocycles. The summed E-state index contributed by atoms with van der Waals surface area (Å²) in [6, 6.07) is 17.4. The van der Waals surface area contributed by atoms with E-state index in [0.29, 0.717) is 23.4 Å². The highest BCUT2D eigenvalue weighted by atomic mass is 32.2. The van der Waals surface area contributed by atoms with Crippen molar-refractivity contribution < 1.29 is 27.5 Å². The molecule has 0 saturated heterocycles. The molecule has 0 spiro atoms. The van der Waals surface area contributed by atoms with Crippen molar-refractivity contribution in [3.63, 3.8) is 0 Å². The highest BCUT2D eigenvalue weighted by Gasteiger charge is 2.23. The van der Waals surface area contributed by atoms with Crippen LogP contribution in [0.2, 0.25) is 0 Å². The molecule has 41 heavy (non-hydrogen) atoms. The van der Waals surface area contributed by atoms with Crippen LogP contribution in [0, 0.1) is 6.92 Å². The zero-order chi connectivity index (χ0) is 29.1. The molecule has 0 radical (unpaired) electrons. The molecule has 1 aliphatic carbocycles. The van der Waals surface area contributed by atoms with Crippen molar-refractivity contribution >= 4 is 38.3 Å². The molecule has 0 unspecified atom stereocenters. The second-order valence-corrected chi connectivity index (χ2v) is 12.5. The maximum atomic E-state index is 13.0. The van der Waals surface area contributed by atoms with Gasteiger partial charge in [-0.1, -0.05) is 30.3 Å². The number of benzene rings is 3. The van der Waals surface area contributed by atoms with E-state index in [0.717, 1.165) is 47.7 Å². The quantitative estimate of drug-likeness (QED) is 0.238. The minimum absolute atomic E-state index is 0.0177. The first-order valence-electron chi connectivity index (χ1n) is 13.7. The van der Waals surface area contributed by atoms with Crippen molar-refractivity contribution in [2.24, 2.45) is 7.05 Å². The Kier molecular flexibility index (Phi) is 8.17. The fraction of sp³-hybridized carbons (Fsp3) is 0.312. The predicted molar refractivity (Wildman–Crippen MR) is 159 cm³/mol. The van der Waals surface area contributed by atoms with E-state index in [9.17, 15) is 18.0 Å². The molecule has 214 valence electrons. The molecular formula is C32H34N2O6S. The lowest BCUT2D eigenvalue weighted by molar-refractivity contribution is 0.102. The Hall–Kier alpha value is -4.11. The number of fused-ring (bicyclic) bond motifs is 1. The van der Waals surface area contributed by atoms with Crippen molar-refractivity contribution in [3.05, 3.63) is 89.1 Å². The number of carbonyl (C=O) groups excluding carboxylic acids is 2. The van der Waals surface area contributed by atoms with Gasteiger partial charge >= 0.3 is 6.09 Å². The smallest absolute Gasteiger partial charge is 0.411 e. The van der Waals surface area contributed by atoms with Crippen molar-refractivity contribution in [2.75, 3.05) is 18.2 Å². The van der Waals surface area contributed by atoms with Gasteiger partial charge in [0.2, 0.25) is 0 Å². The van der Waals surface area contributed by atoms with Crippen LogP contribution >= 0.6 is 0 Å². The van der Waals surface area contributed by atoms with Crippen LogP contribution in [0.3, 0.4) is 0 Å². The number of ketones is 1. The second kappa shape index (κ2) is 11.8. The number of hydrogen-bond donors (Lipinski definition) is 1. The zero-order valence-electron chi connectivity index (χ0n) is 23.5. The Morgan fingerprint density at radius 3 is 2.49 bits per heavy atom. The third-order valence-electron chi connectivity index (χ3n) is 7.63. The molecule has 0 bridgehead atoms. The third-order valence-corrected chi connectivity index (χ3v) is 9.40. The lowest BCUT2D eigenvalue weighted by Gasteiger charge is -2.13. The van der Waals surface area contributed by atoms with Crippen molar-refractivity contribution in [3.8, 4) is 5.75 Å². The van der Waals surface area contributed by atoms with E-state index in [1.54, 1.807) is 43.3 Å². The number of amides is 1. The number of hydrogen-bond acceptors (Lipinski definition) is 6. The Bertz CT molecular complexity index is 1720. The summed E-state index contributed by atoms with van der Waals surface area (Å²) < 4.78 is 39.0. The van der Waals surface area contributed by atoms with E-state index in [4.69, 9.17) is 9.47 Å². The van der Waals surface area contributed by atoms with Crippen LogP contribution < -0.4 is 10.1 Å². The minimum Gasteiger partial charge on any atom is -0.496 e. The normalized spacial score (nSPS) is 13.8. The maximum absolute atomic E-state index is 13.0. The number of rotatable bonds is 9. The molecule has 0 aliphatic heterocycles. The second-order valence-electron chi connectivity index (χ2n) is 10.6. The predicted octanol–water partition coefficient (Wildman–Crippen LogP) is 6.23. The molecule has 9 heteroatoms. The zero-order valence-corrected chi connectivity index (χ0v) is 24.3. The summed E-state index contributed by atoms with van der Waals surface area (Å²) in [4.78, 5) is 25.6. The first-order chi connectivity index (χ1) is 19.6. The number of nitrogens with one attached hydrogen (secondary N) is 1. The number of aromatic nitrogens is 1. The Morgan fingerprint density at radius 1 is 1.00 bits per heavy atom. The molecule has 4 aromatic rings. The van der Waals surface area contributed by atoms with Crippen LogP contribution in [0.5, 0.6) is 5.75 Å². The Labute approximate surface area is 240 Å². The summed E-state index contributed by atoms with van der Waals surface area (Å²) in [6.07, 6.45) is 6.06. The van der Waals surface area contributed by atoms with Crippen LogP contribution in [-0.4, -0.2) is 43.8 Å². The van der Waals surface area contributed by atoms with E-state index in [-0.39, 0.29) is 16.6 Å². The van der Waals surface area contributed by atoms with Crippen LogP contribution in [-0.2, 0) is 28.0 Å². The molecule has 1 heterocycles. The third kappa shape index (κ3) is 6.30. The van der Waals surface area contributed by atoms with E-state index in [1.165, 1.54) is 13.2 Å². The molecule has 0 atom stereocenters. The number of sulfone groups is 1. The highest BCUT2D eigenvalue weighted by Crippen LogP contribution is 2.30. The van der Waals surface area contributed by atoms with Gasteiger partial charge in [-0.05, 0) is 79.6 Å². The minimum atomic E-state index is -3.79. The van der Waals surface area contributed by atoms with Gasteiger partial charge < -0.3 is 14.0 Å². The molecule has 1 fully saturated rings. The number of aryl methyl sites for hydroxylation is 2. The molecular weight excluding hydrogens is 540 g/mol. The van der Waals surface area contributed by atoms with Crippen LogP contribution in [0.1, 0.15) is 52.7 Å². The van der Waals surface area contributed by atoms with E-state index in [2.05, 4.69) is 5.32 Å². The van der Waals surface area contributed by atoms with Gasteiger partial charge in [-0.25, -0.2) is 13.2 Å². The van der Waals surface area contributed by atoms with Crippen molar-refractivity contribution in [2.45, 2.75) is 50.0 Å². The van der Waals surface area contributed by atoms with Crippen LogP contribution in [0.15, 0.2) is 71.8 Å². The lowest BCUT2D eigenvalue weighted by atomic mass is 10.0. The van der Waals surface area contributed by atoms with E-state index >= 15 is 0 Å². The summed E-state index contributed by atoms with van der Waals surface area (Å²) in [5.74, 6) is -0.623. The molecule has 1 N–H and O–H groups in total. The number of nitrogens with zero attached hydrogens (tertiary/aromatic N) is 1. The monoisotopic (exact) mass is 574 g/mol. The first-order valence-corrected chi connectivity index (χ1v) is 15.3. The van der Waals surface area contributed by atoms with Crippen LogP contribution in [0.25, 0.3) is 10.9 Å². The van der Waals surface area contributed by atoms with Gasteiger partial charge in [-0.2, -0.15) is 0 Å². The van der Waals surface area contributed by atoms with Gasteiger partial charge in [0.05, 0.1) is 12.0 Å². The summed E-state index contributed by atoms with van der Waals surface area (Å²) in [5, 5.41) is 3.83. The molecule has 1 aromatic heterocycles. The van der Waals surface area contributed by atoms with Gasteiger partial charge in [0.25, 0.3) is 0 Å². The van der Waals surface area contributed by atoms with E-state index in [1.807, 2.05) is 36.0 Å². The first kappa shape index (κ1) is 28.4. The fourth-order valence-electron chi connectivity index (χ4n) is 5.51. The Morgan fingerprint density at radius 2 is 1.76 bits per heavy atom. The van der Waals surface area contributed by atoms with Gasteiger partial charge in [0.15, 0.2) is 15.6 Å². The lowest BCUT2D eigenvalue weighted by Crippen LogP contribution is -2.20. The summed E-state index contributed by atoms with van der Waals surface area (Å²) in [7, 11) is -0.304. The number of anilines is 1. The molecule has 3 aromatic carbocycles. The molecule has 1 amide bonds. The highest BCUT2D eigenvalue weighted by molar-refractivity contribution is 7.92. The largest absolute Gasteiger partial charge is 0.496 e. The van der Waals surface area contributed by atoms with Crippen molar-refractivity contribution in [1.82, 2.24) is 4.57 Å². The summed E-state index contributed by atoms with van der Waals surface area (Å²) in [5.41, 5.74) is 4.38. The number of methoxy groups -OCH3 is 1. The average molecular weight is 575 g/mol. The summed E-state index contributed by atoms with van der Waals surface area (Å²) in [6.45, 7) is 1.71. The van der Waals surface area contributed by atoms with Crippen molar-refractivity contribution in [1.29, 1.82) is 0 Å². The van der Waals surface area contributed by atoms with Gasteiger partial charge in [0.1, 0.15) is 17.6 Å². The Balaban J connectivity index is 1.35. The average Bonchev–Trinajstić information content (AvgIpc) is 3.56. The van der Waals surface area contributed by atoms with Crippen LogP contribution in [0.4, 0.5) is 10.5 Å². The topological polar surface area (TPSA) is 104 Å². The standard InChI is InChI=1S/C32H34N2O6S/c1-21-8-4-7-11-31(21)41(37,38)20-29(35)22-12-13-23(30(17-22)39-3)16-24-19-34(2)28-15-14-25(18-27(24)28)33-32(36)40-26-9-5-6-10-26/h4,7-8,11-15,17-19,26H,5-6,9-10,16,20H2,1-3H3,(H,33,36). The van der Waals surface area contributed by atoms with E-state index < -0.39 is 27.5 Å². The summed E-state index contributed by atoms with van der Waals surface area (Å²) >= 11 is 0. The SMILES string of the molecule is COc1cc(C(=O)CS(=O)(=O)c2ccccc2C)ccc1Cc1cn(C)c2ccc(NC(=O)OC3CCCC3)cc12. The van der Waals surface area contributed by atoms with Gasteiger partial charge in [-0.3, -0.25) is 10.1 Å². The molecule has 1 aliphatic rings. The number of Topliss-reactive ketones (excluding diaryl/α,β-unsaturated/α-hetero) is 1.